The molecule has 0 saturated carbocycles. The van der Waals surface area contributed by atoms with Crippen molar-refractivity contribution >= 4 is 11.6 Å². The Morgan fingerprint density at radius 1 is 1.50 bits per heavy atom. The largest absolute Gasteiger partial charge is 0.384 e. The highest BCUT2D eigenvalue weighted by atomic mass is 35.5. The third kappa shape index (κ3) is 4.13. The quantitative estimate of drug-likeness (QED) is 0.568. The monoisotopic (exact) mass is 164 g/mol. The van der Waals surface area contributed by atoms with E-state index in [9.17, 15) is 0 Å². The molecule has 2 heteroatoms. The summed E-state index contributed by atoms with van der Waals surface area (Å²) < 4.78 is 4.99. The summed E-state index contributed by atoms with van der Waals surface area (Å²) in [4.78, 5) is 0. The highest BCUT2D eigenvalue weighted by molar-refractivity contribution is 6.20. The Bertz CT molecular complexity index is 65.7. The van der Waals surface area contributed by atoms with Crippen molar-refractivity contribution in [3.05, 3.63) is 0 Å². The Labute approximate surface area is 68.7 Å². The maximum Gasteiger partial charge on any atom is 0.0501 e. The Hall–Kier alpha value is 0.250. The maximum atomic E-state index is 6.03. The second kappa shape index (κ2) is 5.99. The fraction of sp³-hybridized carbons (Fsp3) is 1.00. The van der Waals surface area contributed by atoms with Crippen LogP contribution in [0.3, 0.4) is 0 Å². The van der Waals surface area contributed by atoms with Crippen molar-refractivity contribution in [1.82, 2.24) is 0 Å². The van der Waals surface area contributed by atoms with Gasteiger partial charge in [0.25, 0.3) is 0 Å². The van der Waals surface area contributed by atoms with Gasteiger partial charge in [0.05, 0.1) is 6.61 Å². The van der Waals surface area contributed by atoms with E-state index in [1.54, 1.807) is 7.11 Å². The van der Waals surface area contributed by atoms with Gasteiger partial charge in [-0.25, -0.2) is 0 Å². The minimum atomic E-state index is 0.282. The summed E-state index contributed by atoms with van der Waals surface area (Å²) in [6.45, 7) is 5.04. The van der Waals surface area contributed by atoms with Gasteiger partial charge in [-0.05, 0) is 12.3 Å². The molecule has 0 spiro atoms. The van der Waals surface area contributed by atoms with Gasteiger partial charge in [-0.3, -0.25) is 0 Å². The predicted octanol–water partition coefficient (Wildman–Crippen LogP) is 2.68. The van der Waals surface area contributed by atoms with Gasteiger partial charge in [0.1, 0.15) is 0 Å². The minimum absolute atomic E-state index is 0.282. The van der Waals surface area contributed by atoms with Crippen molar-refractivity contribution in [3.63, 3.8) is 0 Å². The van der Waals surface area contributed by atoms with Gasteiger partial charge >= 0.3 is 0 Å². The topological polar surface area (TPSA) is 9.23 Å². The summed E-state index contributed by atoms with van der Waals surface area (Å²) in [6.07, 6.45) is 2.24. The summed E-state index contributed by atoms with van der Waals surface area (Å²) in [5.74, 6) is 0.478. The van der Waals surface area contributed by atoms with Crippen LogP contribution in [0.4, 0.5) is 0 Å². The van der Waals surface area contributed by atoms with Gasteiger partial charge in [-0.2, -0.15) is 0 Å². The molecule has 0 aromatic heterocycles. The molecule has 0 amide bonds. The van der Waals surface area contributed by atoms with Crippen molar-refractivity contribution in [2.45, 2.75) is 32.1 Å². The van der Waals surface area contributed by atoms with E-state index in [4.69, 9.17) is 16.3 Å². The van der Waals surface area contributed by atoms with E-state index in [1.165, 1.54) is 0 Å². The summed E-state index contributed by atoms with van der Waals surface area (Å²) in [6, 6.07) is 0. The molecule has 0 aliphatic heterocycles. The molecule has 0 aliphatic carbocycles. The zero-order valence-corrected chi connectivity index (χ0v) is 7.82. The van der Waals surface area contributed by atoms with Crippen molar-refractivity contribution in [2.75, 3.05) is 13.7 Å². The van der Waals surface area contributed by atoms with Crippen molar-refractivity contribution < 1.29 is 4.74 Å². The Balaban J connectivity index is 3.38. The molecule has 62 valence electrons. The lowest BCUT2D eigenvalue weighted by Crippen LogP contribution is -2.16. The van der Waals surface area contributed by atoms with Crippen LogP contribution < -0.4 is 0 Å². The molecule has 0 N–H and O–H groups in total. The van der Waals surface area contributed by atoms with Crippen LogP contribution in [0.25, 0.3) is 0 Å². The molecule has 0 bridgehead atoms. The van der Waals surface area contributed by atoms with Crippen LogP contribution in [-0.4, -0.2) is 19.1 Å². The van der Waals surface area contributed by atoms with Crippen molar-refractivity contribution in [1.29, 1.82) is 0 Å². The van der Waals surface area contributed by atoms with Gasteiger partial charge in [-0.1, -0.05) is 20.3 Å². The third-order valence-electron chi connectivity index (χ3n) is 1.61. The molecule has 2 atom stereocenters. The molecule has 0 radical (unpaired) electrons. The molecule has 1 nitrogen and oxygen atoms in total. The molecule has 0 fully saturated rings. The first-order valence-corrected chi connectivity index (χ1v) is 4.29. The molecular weight excluding hydrogens is 148 g/mol. The molecule has 10 heavy (non-hydrogen) atoms. The number of alkyl halides is 1. The molecule has 0 saturated heterocycles. The maximum absolute atomic E-state index is 6.03. The van der Waals surface area contributed by atoms with Gasteiger partial charge in [0.15, 0.2) is 0 Å². The van der Waals surface area contributed by atoms with E-state index in [1.807, 2.05) is 0 Å². The average Bonchev–Trinajstić information content (AvgIpc) is 1.89. The fourth-order valence-electron chi connectivity index (χ4n) is 0.928. The van der Waals surface area contributed by atoms with Crippen LogP contribution in [0.2, 0.25) is 0 Å². The molecule has 0 heterocycles. The zero-order valence-electron chi connectivity index (χ0n) is 7.06. The van der Waals surface area contributed by atoms with E-state index in [-0.39, 0.29) is 5.38 Å². The van der Waals surface area contributed by atoms with Gasteiger partial charge in [0.2, 0.25) is 0 Å². The van der Waals surface area contributed by atoms with Crippen LogP contribution in [-0.2, 0) is 4.74 Å². The second-order valence-electron chi connectivity index (χ2n) is 2.74. The molecule has 0 aromatic rings. The fourth-order valence-corrected chi connectivity index (χ4v) is 1.22. The lowest BCUT2D eigenvalue weighted by atomic mass is 10.1. The molecule has 0 aliphatic rings. The van der Waals surface area contributed by atoms with Crippen LogP contribution in [0, 0.1) is 5.92 Å². The van der Waals surface area contributed by atoms with Gasteiger partial charge in [0, 0.05) is 12.5 Å². The lowest BCUT2D eigenvalue weighted by Gasteiger charge is -2.15. The van der Waals surface area contributed by atoms with E-state index in [0.29, 0.717) is 5.92 Å². The predicted molar refractivity (Wildman–Crippen MR) is 45.6 cm³/mol. The summed E-state index contributed by atoms with van der Waals surface area (Å²) in [5, 5.41) is 0.282. The third-order valence-corrected chi connectivity index (χ3v) is 2.26. The molecule has 0 aromatic carbocycles. The number of hydrogen-bond acceptors (Lipinski definition) is 1. The Kier molecular flexibility index (Phi) is 6.14. The highest BCUT2D eigenvalue weighted by Gasteiger charge is 2.12. The summed E-state index contributed by atoms with van der Waals surface area (Å²) >= 11 is 6.03. The van der Waals surface area contributed by atoms with E-state index in [2.05, 4.69) is 13.8 Å². The molecule has 0 rings (SSSR count). The first-order valence-electron chi connectivity index (χ1n) is 3.85. The first kappa shape index (κ1) is 10.2. The summed E-state index contributed by atoms with van der Waals surface area (Å²) in [7, 11) is 1.71. The minimum Gasteiger partial charge on any atom is -0.384 e. The average molecular weight is 165 g/mol. The number of hydrogen-bond donors (Lipinski definition) is 0. The van der Waals surface area contributed by atoms with E-state index >= 15 is 0 Å². The van der Waals surface area contributed by atoms with Gasteiger partial charge in [-0.15, -0.1) is 11.6 Å². The SMILES string of the molecule is CCCC(Cl)C(C)COC. The molecular formula is C8H17ClO. The second-order valence-corrected chi connectivity index (χ2v) is 3.30. The van der Waals surface area contributed by atoms with Crippen molar-refractivity contribution in [3.8, 4) is 0 Å². The number of halogens is 1. The first-order chi connectivity index (χ1) is 4.72. The summed E-state index contributed by atoms with van der Waals surface area (Å²) in [5.41, 5.74) is 0. The Morgan fingerprint density at radius 3 is 2.50 bits per heavy atom. The van der Waals surface area contributed by atoms with Crippen molar-refractivity contribution in [2.24, 2.45) is 5.92 Å². The number of rotatable bonds is 5. The van der Waals surface area contributed by atoms with Crippen LogP contribution in [0.5, 0.6) is 0 Å². The van der Waals surface area contributed by atoms with E-state index < -0.39 is 0 Å². The number of ether oxygens (including phenoxy) is 1. The van der Waals surface area contributed by atoms with Crippen LogP contribution in [0.15, 0.2) is 0 Å². The zero-order chi connectivity index (χ0) is 7.98. The standard InChI is InChI=1S/C8H17ClO/c1-4-5-8(9)7(2)6-10-3/h7-8H,4-6H2,1-3H3. The normalized spacial score (nSPS) is 16.8. The van der Waals surface area contributed by atoms with Gasteiger partial charge < -0.3 is 4.74 Å². The Morgan fingerprint density at radius 2 is 2.10 bits per heavy atom. The van der Waals surface area contributed by atoms with Crippen LogP contribution in [0.1, 0.15) is 26.7 Å². The molecule has 2 unspecified atom stereocenters. The number of methoxy groups -OCH3 is 1. The lowest BCUT2D eigenvalue weighted by molar-refractivity contribution is 0.156. The van der Waals surface area contributed by atoms with Crippen LogP contribution >= 0.6 is 11.6 Å². The highest BCUT2D eigenvalue weighted by Crippen LogP contribution is 2.15. The van der Waals surface area contributed by atoms with E-state index in [0.717, 1.165) is 19.4 Å². The smallest absolute Gasteiger partial charge is 0.0501 e.